The summed E-state index contributed by atoms with van der Waals surface area (Å²) in [6.07, 6.45) is -1.29. The average Bonchev–Trinajstić information content (AvgIpc) is 2.44. The van der Waals surface area contributed by atoms with Gasteiger partial charge in [-0.05, 0) is 23.8 Å². The number of aliphatic carboxylic acids is 1. The molecule has 0 aliphatic heterocycles. The van der Waals surface area contributed by atoms with E-state index in [1.165, 1.54) is 31.4 Å². The van der Waals surface area contributed by atoms with E-state index in [9.17, 15) is 20.1 Å². The minimum Gasteiger partial charge on any atom is -0.504 e. The number of phenolic OH excluding ortho intramolecular Hbond substituents is 1. The first-order valence-electron chi connectivity index (χ1n) is 5.48. The van der Waals surface area contributed by atoms with E-state index in [-0.39, 0.29) is 11.3 Å². The summed E-state index contributed by atoms with van der Waals surface area (Å²) in [5.74, 6) is -1.62. The summed E-state index contributed by atoms with van der Waals surface area (Å²) < 4.78 is 4.89. The van der Waals surface area contributed by atoms with Crippen molar-refractivity contribution in [2.24, 2.45) is 0 Å². The number of methoxy groups -OCH3 is 1. The number of carbonyl (C=O) groups is 1. The van der Waals surface area contributed by atoms with Crippen molar-refractivity contribution in [3.8, 4) is 17.6 Å². The highest BCUT2D eigenvalue weighted by Gasteiger charge is 2.23. The van der Waals surface area contributed by atoms with Crippen molar-refractivity contribution in [2.45, 2.75) is 12.2 Å². The van der Waals surface area contributed by atoms with E-state index in [1.807, 2.05) is 0 Å². The van der Waals surface area contributed by atoms with Crippen molar-refractivity contribution in [3.63, 3.8) is 0 Å². The molecule has 1 rings (SSSR count). The number of nitrogens with zero attached hydrogens (tertiary/aromatic N) is 1. The average molecular weight is 279 g/mol. The number of benzene rings is 1. The molecule has 20 heavy (non-hydrogen) atoms. The van der Waals surface area contributed by atoms with Crippen LogP contribution in [0.1, 0.15) is 17.2 Å². The fourth-order valence-electron chi connectivity index (χ4n) is 1.54. The summed E-state index contributed by atoms with van der Waals surface area (Å²) in [6.45, 7) is 0. The molecule has 0 aliphatic carbocycles. The zero-order valence-corrected chi connectivity index (χ0v) is 10.5. The van der Waals surface area contributed by atoms with Crippen LogP contribution in [-0.2, 0) is 4.79 Å². The highest BCUT2D eigenvalue weighted by atomic mass is 16.5. The second kappa shape index (κ2) is 6.56. The van der Waals surface area contributed by atoms with E-state index >= 15 is 0 Å². The number of carboxylic acids is 1. The third-order valence-electron chi connectivity index (χ3n) is 2.52. The van der Waals surface area contributed by atoms with Crippen LogP contribution in [0.2, 0.25) is 0 Å². The SMILES string of the molecule is COc1cc(C=CC(=O)O)cc(C(O)C(O)C#N)c1O. The van der Waals surface area contributed by atoms with Gasteiger partial charge >= 0.3 is 5.97 Å². The van der Waals surface area contributed by atoms with E-state index in [0.29, 0.717) is 5.56 Å². The quantitative estimate of drug-likeness (QED) is 0.453. The minimum atomic E-state index is -1.73. The van der Waals surface area contributed by atoms with Crippen LogP contribution < -0.4 is 4.74 Å². The smallest absolute Gasteiger partial charge is 0.328 e. The van der Waals surface area contributed by atoms with Crippen molar-refractivity contribution in [2.75, 3.05) is 7.11 Å². The van der Waals surface area contributed by atoms with Crippen LogP contribution >= 0.6 is 0 Å². The number of rotatable bonds is 5. The largest absolute Gasteiger partial charge is 0.504 e. The molecule has 0 amide bonds. The highest BCUT2D eigenvalue weighted by Crippen LogP contribution is 2.36. The molecular formula is C13H13NO6. The lowest BCUT2D eigenvalue weighted by atomic mass is 10.00. The molecule has 1 aromatic carbocycles. The van der Waals surface area contributed by atoms with Crippen LogP contribution in [0.4, 0.5) is 0 Å². The third-order valence-corrected chi connectivity index (χ3v) is 2.52. The van der Waals surface area contributed by atoms with Crippen LogP contribution in [0.5, 0.6) is 11.5 Å². The zero-order chi connectivity index (χ0) is 15.3. The molecule has 2 atom stereocenters. The summed E-state index contributed by atoms with van der Waals surface area (Å²) in [5.41, 5.74) is 0.185. The summed E-state index contributed by atoms with van der Waals surface area (Å²) in [6, 6.07) is 4.04. The lowest BCUT2D eigenvalue weighted by molar-refractivity contribution is -0.131. The normalized spacial score (nSPS) is 13.7. The van der Waals surface area contributed by atoms with Gasteiger partial charge in [0.25, 0.3) is 0 Å². The standard InChI is InChI=1S/C13H13NO6/c1-20-10-5-7(2-3-11(16)17)4-8(13(10)19)12(18)9(15)6-14/h2-5,9,12,15,18-19H,1H3,(H,16,17). The van der Waals surface area contributed by atoms with E-state index < -0.39 is 23.9 Å². The van der Waals surface area contributed by atoms with Crippen molar-refractivity contribution < 1.29 is 30.0 Å². The van der Waals surface area contributed by atoms with Crippen molar-refractivity contribution >= 4 is 12.0 Å². The zero-order valence-electron chi connectivity index (χ0n) is 10.5. The predicted molar refractivity (Wildman–Crippen MR) is 67.9 cm³/mol. The number of hydrogen-bond donors (Lipinski definition) is 4. The molecule has 4 N–H and O–H groups in total. The maximum atomic E-state index is 10.5. The number of hydrogen-bond acceptors (Lipinski definition) is 6. The monoisotopic (exact) mass is 279 g/mol. The van der Waals surface area contributed by atoms with Gasteiger partial charge in [0.2, 0.25) is 0 Å². The molecule has 0 saturated carbocycles. The van der Waals surface area contributed by atoms with Gasteiger partial charge in [-0.2, -0.15) is 5.26 Å². The van der Waals surface area contributed by atoms with E-state index in [0.717, 1.165) is 6.08 Å². The molecule has 0 aliphatic rings. The predicted octanol–water partition coefficient (Wildman–Crippen LogP) is 0.416. The molecule has 0 aromatic heterocycles. The van der Waals surface area contributed by atoms with Gasteiger partial charge in [-0.25, -0.2) is 4.79 Å². The molecule has 1 aromatic rings. The van der Waals surface area contributed by atoms with Crippen LogP contribution in [0, 0.1) is 11.3 Å². The lowest BCUT2D eigenvalue weighted by Crippen LogP contribution is -2.16. The molecule has 7 heteroatoms. The van der Waals surface area contributed by atoms with Crippen molar-refractivity contribution in [3.05, 3.63) is 29.3 Å². The molecular weight excluding hydrogens is 266 g/mol. The topological polar surface area (TPSA) is 131 Å². The van der Waals surface area contributed by atoms with Crippen LogP contribution in [0.3, 0.4) is 0 Å². The van der Waals surface area contributed by atoms with Crippen LogP contribution in [0.25, 0.3) is 6.08 Å². The molecule has 2 unspecified atom stereocenters. The maximum absolute atomic E-state index is 10.5. The fourth-order valence-corrected chi connectivity index (χ4v) is 1.54. The van der Waals surface area contributed by atoms with Gasteiger partial charge in [0.05, 0.1) is 13.2 Å². The number of ether oxygens (including phenoxy) is 1. The van der Waals surface area contributed by atoms with E-state index in [1.54, 1.807) is 0 Å². The number of carboxylic acid groups (broad SMARTS) is 1. The van der Waals surface area contributed by atoms with Gasteiger partial charge in [-0.1, -0.05) is 0 Å². The van der Waals surface area contributed by atoms with Crippen molar-refractivity contribution in [1.29, 1.82) is 5.26 Å². The number of aromatic hydroxyl groups is 1. The minimum absolute atomic E-state index is 0.0169. The maximum Gasteiger partial charge on any atom is 0.328 e. The fraction of sp³-hybridized carbons (Fsp3) is 0.231. The lowest BCUT2D eigenvalue weighted by Gasteiger charge is -2.16. The third kappa shape index (κ3) is 3.47. The molecule has 0 bridgehead atoms. The summed E-state index contributed by atoms with van der Waals surface area (Å²) in [4.78, 5) is 10.5. The number of nitriles is 1. The Morgan fingerprint density at radius 2 is 2.10 bits per heavy atom. The van der Waals surface area contributed by atoms with Crippen molar-refractivity contribution in [1.82, 2.24) is 0 Å². The first kappa shape index (κ1) is 15.5. The number of aliphatic hydroxyl groups excluding tert-OH is 2. The molecule has 0 saturated heterocycles. The Morgan fingerprint density at radius 3 is 2.60 bits per heavy atom. The number of phenols is 1. The summed E-state index contributed by atoms with van der Waals surface area (Å²) >= 11 is 0. The first-order valence-corrected chi connectivity index (χ1v) is 5.48. The van der Waals surface area contributed by atoms with Gasteiger partial charge in [-0.3, -0.25) is 0 Å². The highest BCUT2D eigenvalue weighted by molar-refractivity contribution is 5.85. The second-order valence-corrected chi connectivity index (χ2v) is 3.85. The van der Waals surface area contributed by atoms with Gasteiger partial charge < -0.3 is 25.2 Å². The van der Waals surface area contributed by atoms with E-state index in [4.69, 9.17) is 15.1 Å². The molecule has 106 valence electrons. The second-order valence-electron chi connectivity index (χ2n) is 3.85. The van der Waals surface area contributed by atoms with Gasteiger partial charge in [0, 0.05) is 11.6 Å². The Kier molecular flexibility index (Phi) is 5.08. The molecule has 0 heterocycles. The molecule has 0 radical (unpaired) electrons. The van der Waals surface area contributed by atoms with Gasteiger partial charge in [0.1, 0.15) is 6.10 Å². The number of aliphatic hydroxyl groups is 2. The Morgan fingerprint density at radius 1 is 1.45 bits per heavy atom. The van der Waals surface area contributed by atoms with Crippen LogP contribution in [0.15, 0.2) is 18.2 Å². The Balaban J connectivity index is 3.32. The molecule has 0 fully saturated rings. The van der Waals surface area contributed by atoms with Crippen LogP contribution in [-0.4, -0.2) is 39.6 Å². The van der Waals surface area contributed by atoms with Gasteiger partial charge in [0.15, 0.2) is 17.6 Å². The first-order chi connectivity index (χ1) is 9.40. The summed E-state index contributed by atoms with van der Waals surface area (Å²) in [5, 5.41) is 46.1. The van der Waals surface area contributed by atoms with Gasteiger partial charge in [-0.15, -0.1) is 0 Å². The Hall–Kier alpha value is -2.56. The Labute approximate surface area is 114 Å². The van der Waals surface area contributed by atoms with E-state index in [2.05, 4.69) is 0 Å². The molecule has 0 spiro atoms. The molecule has 7 nitrogen and oxygen atoms in total. The Bertz CT molecular complexity index is 575. The summed E-state index contributed by atoms with van der Waals surface area (Å²) in [7, 11) is 1.27.